The molecule has 0 radical (unpaired) electrons. The molecule has 1 fully saturated rings. The maximum Gasteiger partial charge on any atom is 0.227 e. The van der Waals surface area contributed by atoms with Gasteiger partial charge in [-0.1, -0.05) is 31.9 Å². The number of likely N-dealkylation sites (tertiary alicyclic amines) is 1. The van der Waals surface area contributed by atoms with Crippen LogP contribution < -0.4 is 5.48 Å². The average molecular weight is 330 g/mol. The van der Waals surface area contributed by atoms with Gasteiger partial charge in [0.25, 0.3) is 0 Å². The molecule has 3 N–H and O–H groups in total. The van der Waals surface area contributed by atoms with Gasteiger partial charge in [-0.2, -0.15) is 0 Å². The van der Waals surface area contributed by atoms with Crippen LogP contribution in [0.1, 0.15) is 50.9 Å². The summed E-state index contributed by atoms with van der Waals surface area (Å²) in [6.45, 7) is 3.18. The number of aromatic nitrogens is 2. The third kappa shape index (κ3) is 3.44. The first kappa shape index (κ1) is 16.9. The van der Waals surface area contributed by atoms with Gasteiger partial charge in [0.15, 0.2) is 0 Å². The van der Waals surface area contributed by atoms with Gasteiger partial charge in [-0.05, 0) is 31.4 Å². The molecule has 2 heterocycles. The number of hydrogen-bond acceptors (Lipinski definition) is 4. The first-order valence-electron chi connectivity index (χ1n) is 8.86. The molecule has 0 aliphatic carbocycles. The van der Waals surface area contributed by atoms with Crippen LogP contribution in [-0.2, 0) is 4.79 Å². The van der Waals surface area contributed by atoms with Crippen molar-refractivity contribution in [1.29, 1.82) is 0 Å². The van der Waals surface area contributed by atoms with Gasteiger partial charge in [-0.15, -0.1) is 0 Å². The van der Waals surface area contributed by atoms with E-state index in [9.17, 15) is 4.79 Å². The Morgan fingerprint density at radius 1 is 1.50 bits per heavy atom. The van der Waals surface area contributed by atoms with Crippen LogP contribution in [0.3, 0.4) is 0 Å². The van der Waals surface area contributed by atoms with E-state index in [4.69, 9.17) is 5.21 Å². The minimum absolute atomic E-state index is 0.00715. The van der Waals surface area contributed by atoms with Crippen LogP contribution in [0.4, 0.5) is 0 Å². The largest absolute Gasteiger partial charge is 0.340 e. The third-order valence-corrected chi connectivity index (χ3v) is 4.85. The molecule has 0 unspecified atom stereocenters. The van der Waals surface area contributed by atoms with E-state index in [2.05, 4.69) is 22.4 Å². The summed E-state index contributed by atoms with van der Waals surface area (Å²) in [7, 11) is 0. The molecule has 1 aliphatic rings. The summed E-state index contributed by atoms with van der Waals surface area (Å²) >= 11 is 0. The number of rotatable bonds is 7. The molecular weight excluding hydrogens is 304 g/mol. The van der Waals surface area contributed by atoms with Crippen molar-refractivity contribution in [3.63, 3.8) is 0 Å². The lowest BCUT2D eigenvalue weighted by atomic mass is 10.00. The fourth-order valence-electron chi connectivity index (χ4n) is 3.55. The van der Waals surface area contributed by atoms with E-state index in [-0.39, 0.29) is 17.9 Å². The summed E-state index contributed by atoms with van der Waals surface area (Å²) in [4.78, 5) is 23.0. The van der Waals surface area contributed by atoms with Crippen LogP contribution in [-0.4, -0.2) is 39.1 Å². The number of carbonyl (C=O) groups is 1. The highest BCUT2D eigenvalue weighted by Gasteiger charge is 2.35. The zero-order chi connectivity index (χ0) is 16.9. The van der Waals surface area contributed by atoms with E-state index in [0.29, 0.717) is 6.54 Å². The smallest absolute Gasteiger partial charge is 0.227 e. The van der Waals surface area contributed by atoms with Crippen molar-refractivity contribution in [2.45, 2.75) is 45.1 Å². The monoisotopic (exact) mass is 330 g/mol. The molecule has 24 heavy (non-hydrogen) atoms. The van der Waals surface area contributed by atoms with E-state index in [1.807, 2.05) is 29.2 Å². The Bertz CT molecular complexity index is 651. The predicted molar refractivity (Wildman–Crippen MR) is 92.6 cm³/mol. The SMILES string of the molecule is CCCC[C@H](CNO)C(=O)N1CCC[C@H]1c1nc2ccccc2[nH]1. The zero-order valence-corrected chi connectivity index (χ0v) is 14.2. The van der Waals surface area contributed by atoms with Crippen LogP contribution in [0.5, 0.6) is 0 Å². The maximum absolute atomic E-state index is 13.0. The van der Waals surface area contributed by atoms with Gasteiger partial charge in [0.05, 0.1) is 23.0 Å². The fourth-order valence-corrected chi connectivity index (χ4v) is 3.55. The quantitative estimate of drug-likeness (QED) is 0.682. The third-order valence-electron chi connectivity index (χ3n) is 4.85. The standard InChI is InChI=1S/C18H26N4O2/c1-2-3-7-13(12-19-24)18(23)22-11-6-10-16(22)17-20-14-8-4-5-9-15(14)21-17/h4-5,8-9,13,16,19,24H,2-3,6-7,10-12H2,1H3,(H,20,21)/t13-,16+/m1/s1. The van der Waals surface area contributed by atoms with Gasteiger partial charge in [0.2, 0.25) is 5.91 Å². The van der Waals surface area contributed by atoms with Gasteiger partial charge >= 0.3 is 0 Å². The van der Waals surface area contributed by atoms with E-state index >= 15 is 0 Å². The molecule has 0 saturated carbocycles. The lowest BCUT2D eigenvalue weighted by molar-refractivity contribution is -0.137. The number of amides is 1. The first-order chi connectivity index (χ1) is 11.7. The van der Waals surface area contributed by atoms with Crippen molar-refractivity contribution >= 4 is 16.9 Å². The molecule has 2 atom stereocenters. The molecule has 1 aromatic carbocycles. The molecule has 1 aromatic heterocycles. The van der Waals surface area contributed by atoms with Gasteiger partial charge in [0.1, 0.15) is 5.82 Å². The Morgan fingerprint density at radius 2 is 2.33 bits per heavy atom. The number of benzene rings is 1. The molecule has 0 spiro atoms. The van der Waals surface area contributed by atoms with Crippen LogP contribution in [0.25, 0.3) is 11.0 Å². The molecule has 1 saturated heterocycles. The number of fused-ring (bicyclic) bond motifs is 1. The molecule has 2 aromatic rings. The number of para-hydroxylation sites is 2. The highest BCUT2D eigenvalue weighted by Crippen LogP contribution is 2.33. The van der Waals surface area contributed by atoms with Gasteiger partial charge in [0, 0.05) is 13.1 Å². The molecule has 130 valence electrons. The molecule has 1 aliphatic heterocycles. The van der Waals surface area contributed by atoms with Crippen molar-refractivity contribution in [3.8, 4) is 0 Å². The van der Waals surface area contributed by atoms with E-state index in [1.54, 1.807) is 0 Å². The Labute approximate surface area is 142 Å². The highest BCUT2D eigenvalue weighted by atomic mass is 16.5. The van der Waals surface area contributed by atoms with Crippen molar-refractivity contribution < 1.29 is 10.0 Å². The number of hydroxylamine groups is 1. The zero-order valence-electron chi connectivity index (χ0n) is 14.2. The summed E-state index contributed by atoms with van der Waals surface area (Å²) in [5.74, 6) is 0.807. The number of aromatic amines is 1. The van der Waals surface area contributed by atoms with Crippen molar-refractivity contribution in [2.24, 2.45) is 5.92 Å². The van der Waals surface area contributed by atoms with E-state index in [1.165, 1.54) is 0 Å². The number of hydrogen-bond donors (Lipinski definition) is 3. The summed E-state index contributed by atoms with van der Waals surface area (Å²) in [5, 5.41) is 9.07. The Morgan fingerprint density at radius 3 is 3.08 bits per heavy atom. The second-order valence-electron chi connectivity index (χ2n) is 6.53. The van der Waals surface area contributed by atoms with Crippen LogP contribution >= 0.6 is 0 Å². The summed E-state index contributed by atoms with van der Waals surface area (Å²) in [6, 6.07) is 7.95. The normalized spacial score (nSPS) is 19.1. The van der Waals surface area contributed by atoms with Crippen LogP contribution in [0.15, 0.2) is 24.3 Å². The lowest BCUT2D eigenvalue weighted by Gasteiger charge is -2.27. The Kier molecular flexibility index (Phi) is 5.48. The number of nitrogens with one attached hydrogen (secondary N) is 2. The van der Waals surface area contributed by atoms with Gasteiger partial charge < -0.3 is 15.1 Å². The van der Waals surface area contributed by atoms with Gasteiger partial charge in [-0.3, -0.25) is 4.79 Å². The predicted octanol–water partition coefficient (Wildman–Crippen LogP) is 3.01. The fraction of sp³-hybridized carbons (Fsp3) is 0.556. The summed E-state index contributed by atoms with van der Waals surface area (Å²) < 4.78 is 0. The number of carbonyl (C=O) groups excluding carboxylic acids is 1. The summed E-state index contributed by atoms with van der Waals surface area (Å²) in [6.07, 6.45) is 4.74. The Hall–Kier alpha value is -1.92. The number of H-pyrrole nitrogens is 1. The molecule has 6 nitrogen and oxygen atoms in total. The molecule has 6 heteroatoms. The molecule has 3 rings (SSSR count). The lowest BCUT2D eigenvalue weighted by Crippen LogP contribution is -2.39. The van der Waals surface area contributed by atoms with Crippen LogP contribution in [0, 0.1) is 5.92 Å². The van der Waals surface area contributed by atoms with Crippen molar-refractivity contribution in [1.82, 2.24) is 20.3 Å². The maximum atomic E-state index is 13.0. The molecular formula is C18H26N4O2. The topological polar surface area (TPSA) is 81.2 Å². The number of imidazole rings is 1. The van der Waals surface area contributed by atoms with Crippen LogP contribution in [0.2, 0.25) is 0 Å². The highest BCUT2D eigenvalue weighted by molar-refractivity contribution is 5.80. The second kappa shape index (κ2) is 7.77. The van der Waals surface area contributed by atoms with E-state index < -0.39 is 0 Å². The molecule has 1 amide bonds. The van der Waals surface area contributed by atoms with Crippen molar-refractivity contribution in [3.05, 3.63) is 30.1 Å². The number of unbranched alkanes of at least 4 members (excludes halogenated alkanes) is 1. The summed E-state index contributed by atoms with van der Waals surface area (Å²) in [5.41, 5.74) is 4.13. The Balaban J connectivity index is 1.79. The van der Waals surface area contributed by atoms with E-state index in [0.717, 1.165) is 55.5 Å². The minimum atomic E-state index is -0.181. The average Bonchev–Trinajstić information content (AvgIpc) is 3.23. The first-order valence-corrected chi connectivity index (χ1v) is 8.86. The van der Waals surface area contributed by atoms with Gasteiger partial charge in [-0.25, -0.2) is 10.5 Å². The number of nitrogens with zero attached hydrogens (tertiary/aromatic N) is 2. The second-order valence-corrected chi connectivity index (χ2v) is 6.53. The van der Waals surface area contributed by atoms with Crippen molar-refractivity contribution in [2.75, 3.05) is 13.1 Å². The minimum Gasteiger partial charge on any atom is -0.340 e. The molecule has 0 bridgehead atoms.